The number of amides is 1. The molecule has 1 N–H and O–H groups in total. The Morgan fingerprint density at radius 1 is 0.941 bits per heavy atom. The van der Waals surface area contributed by atoms with Gasteiger partial charge in [-0.15, -0.1) is 0 Å². The molecule has 1 aliphatic heterocycles. The summed E-state index contributed by atoms with van der Waals surface area (Å²) in [7, 11) is 1.69. The standard InChI is InChI=1S/C28H33ClN4O/c1-20-10-12-21(13-11-20)26-27(22-14-16-23(29)17-15-22)32-28-24(31-26)8-7-19-33(28)18-6-4-3-5-9-25(34)30-2/h10-17H,3-9,18-19H2,1-2H3,(H,30,34). The summed E-state index contributed by atoms with van der Waals surface area (Å²) in [6.07, 6.45) is 6.86. The number of benzene rings is 2. The molecule has 1 aromatic heterocycles. The Kier molecular flexibility index (Phi) is 8.17. The van der Waals surface area contributed by atoms with Crippen LogP contribution in [0.3, 0.4) is 0 Å². The first-order valence-electron chi connectivity index (χ1n) is 12.2. The molecule has 34 heavy (non-hydrogen) atoms. The van der Waals surface area contributed by atoms with Crippen LogP contribution in [-0.4, -0.2) is 36.0 Å². The first kappa shape index (κ1) is 24.2. The largest absolute Gasteiger partial charge is 0.359 e. The zero-order chi connectivity index (χ0) is 23.9. The van der Waals surface area contributed by atoms with Crippen molar-refractivity contribution in [2.45, 2.75) is 51.9 Å². The quantitative estimate of drug-likeness (QED) is 0.372. The third kappa shape index (κ3) is 5.95. The summed E-state index contributed by atoms with van der Waals surface area (Å²) >= 11 is 6.16. The molecule has 0 atom stereocenters. The Morgan fingerprint density at radius 3 is 2.29 bits per heavy atom. The molecule has 2 heterocycles. The van der Waals surface area contributed by atoms with Crippen LogP contribution in [-0.2, 0) is 11.2 Å². The van der Waals surface area contributed by atoms with Gasteiger partial charge in [0, 0.05) is 42.7 Å². The van der Waals surface area contributed by atoms with Crippen molar-refractivity contribution in [3.8, 4) is 22.5 Å². The monoisotopic (exact) mass is 476 g/mol. The van der Waals surface area contributed by atoms with E-state index in [9.17, 15) is 4.79 Å². The van der Waals surface area contributed by atoms with Crippen molar-refractivity contribution < 1.29 is 4.79 Å². The molecule has 1 amide bonds. The second kappa shape index (κ2) is 11.5. The summed E-state index contributed by atoms with van der Waals surface area (Å²) in [5.74, 6) is 1.14. The van der Waals surface area contributed by atoms with E-state index >= 15 is 0 Å². The maximum Gasteiger partial charge on any atom is 0.219 e. The van der Waals surface area contributed by atoms with Crippen molar-refractivity contribution in [3.63, 3.8) is 0 Å². The molecule has 3 aromatic rings. The summed E-state index contributed by atoms with van der Waals surface area (Å²) in [5.41, 5.74) is 6.24. The van der Waals surface area contributed by atoms with Crippen LogP contribution < -0.4 is 10.2 Å². The number of nitrogens with zero attached hydrogens (tertiary/aromatic N) is 3. The summed E-state index contributed by atoms with van der Waals surface area (Å²) < 4.78 is 0. The highest BCUT2D eigenvalue weighted by Gasteiger charge is 2.23. The molecule has 0 unspecified atom stereocenters. The van der Waals surface area contributed by atoms with Crippen molar-refractivity contribution in [1.29, 1.82) is 0 Å². The van der Waals surface area contributed by atoms with E-state index in [1.165, 1.54) is 5.56 Å². The molecule has 178 valence electrons. The van der Waals surface area contributed by atoms with Gasteiger partial charge in [-0.25, -0.2) is 9.97 Å². The minimum Gasteiger partial charge on any atom is -0.359 e. The van der Waals surface area contributed by atoms with E-state index in [4.69, 9.17) is 21.6 Å². The molecule has 0 bridgehead atoms. The fourth-order valence-corrected chi connectivity index (χ4v) is 4.56. The third-order valence-corrected chi connectivity index (χ3v) is 6.64. The molecule has 2 aromatic carbocycles. The van der Waals surface area contributed by atoms with Gasteiger partial charge in [0.1, 0.15) is 0 Å². The Hall–Kier alpha value is -2.92. The van der Waals surface area contributed by atoms with Gasteiger partial charge in [-0.3, -0.25) is 4.79 Å². The summed E-state index contributed by atoms with van der Waals surface area (Å²) in [4.78, 5) is 24.2. The maximum absolute atomic E-state index is 11.4. The van der Waals surface area contributed by atoms with Gasteiger partial charge in [0.15, 0.2) is 5.82 Å². The van der Waals surface area contributed by atoms with Crippen LogP contribution in [0.1, 0.15) is 49.8 Å². The van der Waals surface area contributed by atoms with Crippen LogP contribution in [0.4, 0.5) is 5.82 Å². The van der Waals surface area contributed by atoms with Crippen molar-refractivity contribution in [2.75, 3.05) is 25.0 Å². The Labute approximate surface area is 207 Å². The van der Waals surface area contributed by atoms with E-state index in [1.807, 2.05) is 24.3 Å². The molecular weight excluding hydrogens is 444 g/mol. The number of fused-ring (bicyclic) bond motifs is 1. The molecule has 6 heteroatoms. The number of nitrogens with one attached hydrogen (secondary N) is 1. The summed E-state index contributed by atoms with van der Waals surface area (Å²) in [6, 6.07) is 16.4. The van der Waals surface area contributed by atoms with E-state index in [2.05, 4.69) is 41.4 Å². The lowest BCUT2D eigenvalue weighted by atomic mass is 10.0. The summed E-state index contributed by atoms with van der Waals surface area (Å²) in [5, 5.41) is 3.40. The predicted molar refractivity (Wildman–Crippen MR) is 140 cm³/mol. The van der Waals surface area contributed by atoms with Crippen LogP contribution in [0.5, 0.6) is 0 Å². The molecule has 0 saturated carbocycles. The number of unbranched alkanes of at least 4 members (excludes halogenated alkanes) is 3. The molecule has 0 fully saturated rings. The summed E-state index contributed by atoms with van der Waals surface area (Å²) in [6.45, 7) is 4.06. The molecule has 0 saturated heterocycles. The number of carbonyl (C=O) groups is 1. The van der Waals surface area contributed by atoms with Gasteiger partial charge in [-0.05, 0) is 44.7 Å². The van der Waals surface area contributed by atoms with E-state index in [0.717, 1.165) is 85.6 Å². The van der Waals surface area contributed by atoms with E-state index in [0.29, 0.717) is 11.4 Å². The van der Waals surface area contributed by atoms with E-state index in [-0.39, 0.29) is 5.91 Å². The SMILES string of the molecule is CNC(=O)CCCCCCN1CCCc2nc(-c3ccc(C)cc3)c(-c3ccc(Cl)cc3)nc21. The Bertz CT molecular complexity index is 1110. The molecule has 0 spiro atoms. The lowest BCUT2D eigenvalue weighted by molar-refractivity contribution is -0.120. The molecule has 5 nitrogen and oxygen atoms in total. The van der Waals surface area contributed by atoms with Gasteiger partial charge < -0.3 is 10.2 Å². The van der Waals surface area contributed by atoms with Crippen LogP contribution in [0.15, 0.2) is 48.5 Å². The minimum atomic E-state index is 0.124. The maximum atomic E-state index is 11.4. The van der Waals surface area contributed by atoms with Crippen LogP contribution in [0.25, 0.3) is 22.5 Å². The van der Waals surface area contributed by atoms with Crippen LogP contribution >= 0.6 is 11.6 Å². The second-order valence-corrected chi connectivity index (χ2v) is 9.43. The number of aryl methyl sites for hydroxylation is 2. The first-order valence-corrected chi connectivity index (χ1v) is 12.6. The number of carbonyl (C=O) groups excluding carboxylic acids is 1. The van der Waals surface area contributed by atoms with E-state index in [1.54, 1.807) is 7.05 Å². The molecular formula is C28H33ClN4O. The molecule has 0 aliphatic carbocycles. The average Bonchev–Trinajstić information content (AvgIpc) is 2.86. The predicted octanol–water partition coefficient (Wildman–Crippen LogP) is 6.22. The van der Waals surface area contributed by atoms with Gasteiger partial charge in [0.05, 0.1) is 17.1 Å². The highest BCUT2D eigenvalue weighted by Crippen LogP contribution is 2.35. The number of hydrogen-bond acceptors (Lipinski definition) is 4. The number of hydrogen-bond donors (Lipinski definition) is 1. The van der Waals surface area contributed by atoms with Gasteiger partial charge >= 0.3 is 0 Å². The van der Waals surface area contributed by atoms with Gasteiger partial charge in [0.2, 0.25) is 5.91 Å². The number of anilines is 1. The zero-order valence-corrected chi connectivity index (χ0v) is 20.9. The number of rotatable bonds is 9. The lowest BCUT2D eigenvalue weighted by Crippen LogP contribution is -2.32. The zero-order valence-electron chi connectivity index (χ0n) is 20.1. The van der Waals surface area contributed by atoms with Gasteiger partial charge in [0.25, 0.3) is 0 Å². The average molecular weight is 477 g/mol. The fourth-order valence-electron chi connectivity index (χ4n) is 4.43. The first-order chi connectivity index (χ1) is 16.5. The molecule has 4 rings (SSSR count). The topological polar surface area (TPSA) is 58.1 Å². The molecule has 1 aliphatic rings. The van der Waals surface area contributed by atoms with Gasteiger partial charge in [-0.2, -0.15) is 0 Å². The second-order valence-electron chi connectivity index (χ2n) is 8.99. The lowest BCUT2D eigenvalue weighted by Gasteiger charge is -2.30. The highest BCUT2D eigenvalue weighted by molar-refractivity contribution is 6.30. The third-order valence-electron chi connectivity index (χ3n) is 6.39. The van der Waals surface area contributed by atoms with Gasteiger partial charge in [-0.1, -0.05) is 66.4 Å². The normalized spacial score (nSPS) is 13.0. The van der Waals surface area contributed by atoms with Crippen molar-refractivity contribution in [2.24, 2.45) is 0 Å². The van der Waals surface area contributed by atoms with Crippen LogP contribution in [0, 0.1) is 6.92 Å². The van der Waals surface area contributed by atoms with E-state index < -0.39 is 0 Å². The minimum absolute atomic E-state index is 0.124. The Morgan fingerprint density at radius 2 is 1.59 bits per heavy atom. The highest BCUT2D eigenvalue weighted by atomic mass is 35.5. The van der Waals surface area contributed by atoms with Crippen molar-refractivity contribution in [1.82, 2.24) is 15.3 Å². The van der Waals surface area contributed by atoms with Crippen molar-refractivity contribution in [3.05, 3.63) is 64.8 Å². The number of aromatic nitrogens is 2. The molecule has 0 radical (unpaired) electrons. The smallest absolute Gasteiger partial charge is 0.219 e. The van der Waals surface area contributed by atoms with Crippen molar-refractivity contribution >= 4 is 23.3 Å². The number of halogens is 1. The fraction of sp³-hybridized carbons (Fsp3) is 0.393. The Balaban J connectivity index is 1.57. The van der Waals surface area contributed by atoms with Crippen LogP contribution in [0.2, 0.25) is 5.02 Å².